The average Bonchev–Trinajstić information content (AvgIpc) is 2.73. The molecule has 1 aliphatic rings. The summed E-state index contributed by atoms with van der Waals surface area (Å²) in [4.78, 5) is 4.52. The maximum Gasteiger partial charge on any atom is 0.0955 e. The molecule has 1 fully saturated rings. The van der Waals surface area contributed by atoms with Crippen LogP contribution in [0.25, 0.3) is 11.0 Å². The SMILES string of the molecule is Cn1cnc2c(C3CCCCN3)cccc21. The van der Waals surface area contributed by atoms with E-state index in [9.17, 15) is 0 Å². The fourth-order valence-electron chi connectivity index (χ4n) is 2.58. The van der Waals surface area contributed by atoms with Crippen LogP contribution in [0.3, 0.4) is 0 Å². The predicted octanol–water partition coefficient (Wildman–Crippen LogP) is 2.39. The number of nitrogens with one attached hydrogen (secondary N) is 1. The largest absolute Gasteiger partial charge is 0.334 e. The number of para-hydroxylation sites is 1. The van der Waals surface area contributed by atoms with Crippen molar-refractivity contribution >= 4 is 11.0 Å². The molecule has 16 heavy (non-hydrogen) atoms. The molecule has 1 aromatic carbocycles. The van der Waals surface area contributed by atoms with Crippen LogP contribution in [0.5, 0.6) is 0 Å². The second-order valence-corrected chi connectivity index (χ2v) is 4.57. The van der Waals surface area contributed by atoms with Crippen molar-refractivity contribution in [1.29, 1.82) is 0 Å². The molecule has 0 spiro atoms. The molecule has 3 nitrogen and oxygen atoms in total. The highest BCUT2D eigenvalue weighted by atomic mass is 15.0. The van der Waals surface area contributed by atoms with E-state index in [-0.39, 0.29) is 0 Å². The van der Waals surface area contributed by atoms with E-state index in [2.05, 4.69) is 33.1 Å². The summed E-state index contributed by atoms with van der Waals surface area (Å²) in [5.41, 5.74) is 3.74. The number of rotatable bonds is 1. The highest BCUT2D eigenvalue weighted by molar-refractivity contribution is 5.79. The maximum absolute atomic E-state index is 4.52. The van der Waals surface area contributed by atoms with Gasteiger partial charge >= 0.3 is 0 Å². The number of hydrogen-bond acceptors (Lipinski definition) is 2. The molecular formula is C13H17N3. The van der Waals surface area contributed by atoms with Gasteiger partial charge in [0.1, 0.15) is 0 Å². The zero-order chi connectivity index (χ0) is 11.0. The molecule has 1 unspecified atom stereocenters. The van der Waals surface area contributed by atoms with Crippen LogP contribution < -0.4 is 5.32 Å². The van der Waals surface area contributed by atoms with Gasteiger partial charge in [-0.25, -0.2) is 4.98 Å². The third kappa shape index (κ3) is 1.52. The molecule has 2 aromatic rings. The van der Waals surface area contributed by atoms with Gasteiger partial charge in [0.05, 0.1) is 17.4 Å². The van der Waals surface area contributed by atoms with Crippen molar-refractivity contribution in [1.82, 2.24) is 14.9 Å². The van der Waals surface area contributed by atoms with Crippen LogP contribution in [0.2, 0.25) is 0 Å². The Bertz CT molecular complexity index is 495. The fourth-order valence-corrected chi connectivity index (χ4v) is 2.58. The van der Waals surface area contributed by atoms with Gasteiger partial charge in [-0.1, -0.05) is 18.6 Å². The van der Waals surface area contributed by atoms with Gasteiger partial charge in [0.2, 0.25) is 0 Å². The van der Waals surface area contributed by atoms with E-state index in [4.69, 9.17) is 0 Å². The van der Waals surface area contributed by atoms with Gasteiger partial charge in [-0.05, 0) is 31.0 Å². The molecule has 1 atom stereocenters. The van der Waals surface area contributed by atoms with Gasteiger partial charge < -0.3 is 9.88 Å². The summed E-state index contributed by atoms with van der Waals surface area (Å²) in [7, 11) is 2.05. The lowest BCUT2D eigenvalue weighted by Crippen LogP contribution is -2.26. The Morgan fingerprint density at radius 2 is 2.31 bits per heavy atom. The summed E-state index contributed by atoms with van der Waals surface area (Å²) in [5, 5.41) is 3.59. The zero-order valence-electron chi connectivity index (χ0n) is 9.61. The van der Waals surface area contributed by atoms with Crippen LogP contribution in [-0.4, -0.2) is 16.1 Å². The van der Waals surface area contributed by atoms with Crippen molar-refractivity contribution in [2.24, 2.45) is 7.05 Å². The van der Waals surface area contributed by atoms with Gasteiger partial charge in [-0.2, -0.15) is 0 Å². The Kier molecular flexibility index (Phi) is 2.40. The van der Waals surface area contributed by atoms with E-state index in [1.54, 1.807) is 0 Å². The van der Waals surface area contributed by atoms with Gasteiger partial charge in [0.15, 0.2) is 0 Å². The molecule has 3 heteroatoms. The molecule has 2 heterocycles. The third-order valence-electron chi connectivity index (χ3n) is 3.47. The van der Waals surface area contributed by atoms with Crippen molar-refractivity contribution in [3.8, 4) is 0 Å². The Morgan fingerprint density at radius 1 is 1.38 bits per heavy atom. The molecule has 3 rings (SSSR count). The molecule has 1 aromatic heterocycles. The first-order valence-electron chi connectivity index (χ1n) is 5.99. The summed E-state index contributed by atoms with van der Waals surface area (Å²) >= 11 is 0. The van der Waals surface area contributed by atoms with E-state index < -0.39 is 0 Å². The lowest BCUT2D eigenvalue weighted by atomic mass is 9.96. The third-order valence-corrected chi connectivity index (χ3v) is 3.47. The molecule has 0 bridgehead atoms. The molecule has 0 amide bonds. The van der Waals surface area contributed by atoms with Gasteiger partial charge in [0.25, 0.3) is 0 Å². The van der Waals surface area contributed by atoms with E-state index in [1.807, 2.05) is 13.4 Å². The van der Waals surface area contributed by atoms with Crippen molar-refractivity contribution in [3.63, 3.8) is 0 Å². The second kappa shape index (κ2) is 3.91. The molecular weight excluding hydrogens is 198 g/mol. The molecule has 1 aliphatic heterocycles. The van der Waals surface area contributed by atoms with Crippen LogP contribution in [0.15, 0.2) is 24.5 Å². The molecule has 1 saturated heterocycles. The number of aryl methyl sites for hydroxylation is 1. The van der Waals surface area contributed by atoms with Crippen LogP contribution >= 0.6 is 0 Å². The quantitative estimate of drug-likeness (QED) is 0.791. The van der Waals surface area contributed by atoms with E-state index in [1.165, 1.54) is 30.3 Å². The Balaban J connectivity index is 2.08. The van der Waals surface area contributed by atoms with E-state index in [0.29, 0.717) is 6.04 Å². The zero-order valence-corrected chi connectivity index (χ0v) is 9.61. The predicted molar refractivity (Wildman–Crippen MR) is 65.3 cm³/mol. The fraction of sp³-hybridized carbons (Fsp3) is 0.462. The Hall–Kier alpha value is -1.35. The number of aromatic nitrogens is 2. The van der Waals surface area contributed by atoms with Gasteiger partial charge in [-0.15, -0.1) is 0 Å². The van der Waals surface area contributed by atoms with Crippen molar-refractivity contribution in [2.45, 2.75) is 25.3 Å². The average molecular weight is 215 g/mol. The Labute approximate surface area is 95.5 Å². The number of hydrogen-bond donors (Lipinski definition) is 1. The van der Waals surface area contributed by atoms with Crippen LogP contribution in [0, 0.1) is 0 Å². The van der Waals surface area contributed by atoms with Crippen molar-refractivity contribution < 1.29 is 0 Å². The number of nitrogens with zero attached hydrogens (tertiary/aromatic N) is 2. The van der Waals surface area contributed by atoms with Crippen molar-refractivity contribution in [2.75, 3.05) is 6.54 Å². The first-order chi connectivity index (χ1) is 7.86. The molecule has 1 N–H and O–H groups in total. The van der Waals surface area contributed by atoms with E-state index in [0.717, 1.165) is 12.1 Å². The summed E-state index contributed by atoms with van der Waals surface area (Å²) in [5.74, 6) is 0. The first-order valence-corrected chi connectivity index (χ1v) is 5.99. The summed E-state index contributed by atoms with van der Waals surface area (Å²) in [6.07, 6.45) is 5.75. The minimum Gasteiger partial charge on any atom is -0.334 e. The second-order valence-electron chi connectivity index (χ2n) is 4.57. The first kappa shape index (κ1) is 9.85. The normalized spacial score (nSPS) is 21.4. The lowest BCUT2D eigenvalue weighted by molar-refractivity contribution is 0.414. The summed E-state index contributed by atoms with van der Waals surface area (Å²) < 4.78 is 2.08. The lowest BCUT2D eigenvalue weighted by Gasteiger charge is -2.24. The monoisotopic (exact) mass is 215 g/mol. The Morgan fingerprint density at radius 3 is 3.12 bits per heavy atom. The number of fused-ring (bicyclic) bond motifs is 1. The molecule has 0 radical (unpaired) electrons. The smallest absolute Gasteiger partial charge is 0.0955 e. The van der Waals surface area contributed by atoms with Gasteiger partial charge in [-0.3, -0.25) is 0 Å². The minimum absolute atomic E-state index is 0.493. The van der Waals surface area contributed by atoms with Crippen molar-refractivity contribution in [3.05, 3.63) is 30.1 Å². The van der Waals surface area contributed by atoms with Crippen LogP contribution in [0.4, 0.5) is 0 Å². The highest BCUT2D eigenvalue weighted by Crippen LogP contribution is 2.28. The summed E-state index contributed by atoms with van der Waals surface area (Å²) in [6.45, 7) is 1.13. The highest BCUT2D eigenvalue weighted by Gasteiger charge is 2.18. The standard InChI is InChI=1S/C13H17N3/c1-16-9-15-13-10(5-4-7-12(13)16)11-6-2-3-8-14-11/h4-5,7,9,11,14H,2-3,6,8H2,1H3. The van der Waals surface area contributed by atoms with Gasteiger partial charge in [0, 0.05) is 13.1 Å². The van der Waals surface area contributed by atoms with Crippen LogP contribution in [-0.2, 0) is 7.05 Å². The number of piperidine rings is 1. The number of imidazole rings is 1. The topological polar surface area (TPSA) is 29.9 Å². The molecule has 0 saturated carbocycles. The summed E-state index contributed by atoms with van der Waals surface area (Å²) in [6, 6.07) is 6.97. The molecule has 0 aliphatic carbocycles. The number of benzene rings is 1. The molecule has 84 valence electrons. The van der Waals surface area contributed by atoms with E-state index >= 15 is 0 Å². The van der Waals surface area contributed by atoms with Crippen LogP contribution in [0.1, 0.15) is 30.9 Å². The maximum atomic E-state index is 4.52. The minimum atomic E-state index is 0.493.